The van der Waals surface area contributed by atoms with E-state index in [1.54, 1.807) is 20.0 Å². The third-order valence-electron chi connectivity index (χ3n) is 2.90. The number of hydrogen-bond acceptors (Lipinski definition) is 4. The molecule has 104 valence electrons. The van der Waals surface area contributed by atoms with E-state index in [-0.39, 0.29) is 0 Å². The van der Waals surface area contributed by atoms with Crippen LogP contribution < -0.4 is 5.73 Å². The van der Waals surface area contributed by atoms with E-state index in [4.69, 9.17) is 14.8 Å². The number of hydrogen-bond donors (Lipinski definition) is 2. The van der Waals surface area contributed by atoms with E-state index in [0.29, 0.717) is 13.2 Å². The van der Waals surface area contributed by atoms with Gasteiger partial charge in [-0.25, -0.2) is 0 Å². The van der Waals surface area contributed by atoms with Crippen molar-refractivity contribution in [3.05, 3.63) is 36.0 Å². The Morgan fingerprint density at radius 3 is 2.53 bits per heavy atom. The van der Waals surface area contributed by atoms with Crippen molar-refractivity contribution in [1.82, 2.24) is 4.98 Å². The van der Waals surface area contributed by atoms with Crippen molar-refractivity contribution < 1.29 is 13.6 Å². The van der Waals surface area contributed by atoms with Crippen LogP contribution in [0.4, 0.5) is 0 Å². The summed E-state index contributed by atoms with van der Waals surface area (Å²) in [6.07, 6.45) is 1.76. The zero-order valence-electron chi connectivity index (χ0n) is 11.1. The lowest BCUT2D eigenvalue weighted by atomic mass is 10.2. The maximum atomic E-state index is 12.7. The lowest BCUT2D eigenvalue weighted by Gasteiger charge is -2.22. The molecule has 0 unspecified atom stereocenters. The van der Waals surface area contributed by atoms with Gasteiger partial charge in [-0.05, 0) is 19.9 Å². The number of para-hydroxylation sites is 1. The van der Waals surface area contributed by atoms with Crippen LogP contribution in [0.3, 0.4) is 0 Å². The first-order chi connectivity index (χ1) is 9.12. The first-order valence-electron chi connectivity index (χ1n) is 6.32. The van der Waals surface area contributed by atoms with Crippen LogP contribution in [0, 0.1) is 0 Å². The van der Waals surface area contributed by atoms with Crippen molar-refractivity contribution >= 4 is 18.5 Å². The molecule has 0 radical (unpaired) electrons. The van der Waals surface area contributed by atoms with Crippen LogP contribution in [-0.4, -0.2) is 18.2 Å². The van der Waals surface area contributed by atoms with Gasteiger partial charge in [0.2, 0.25) is 0 Å². The van der Waals surface area contributed by atoms with Gasteiger partial charge in [-0.15, -0.1) is 0 Å². The highest BCUT2D eigenvalue weighted by molar-refractivity contribution is 7.54. The molecule has 1 atom stereocenters. The molecular weight excluding hydrogens is 263 g/mol. The summed E-state index contributed by atoms with van der Waals surface area (Å²) in [4.78, 5) is 3.11. The minimum absolute atomic E-state index is 0.299. The molecule has 0 amide bonds. The number of aromatic nitrogens is 1. The van der Waals surface area contributed by atoms with Crippen molar-refractivity contribution in [3.63, 3.8) is 0 Å². The van der Waals surface area contributed by atoms with Crippen LogP contribution in [0.1, 0.15) is 25.2 Å². The summed E-state index contributed by atoms with van der Waals surface area (Å²) in [7, 11) is -3.35. The highest BCUT2D eigenvalue weighted by Gasteiger charge is 2.35. The number of fused-ring (bicyclic) bond motifs is 1. The Balaban J connectivity index is 2.41. The minimum Gasteiger partial charge on any atom is -0.361 e. The summed E-state index contributed by atoms with van der Waals surface area (Å²) in [5, 5.41) is 0.939. The number of nitrogens with one attached hydrogen (secondary N) is 1. The first kappa shape index (κ1) is 14.3. The monoisotopic (exact) mass is 282 g/mol. The molecule has 1 heterocycles. The van der Waals surface area contributed by atoms with Crippen LogP contribution >= 0.6 is 7.60 Å². The van der Waals surface area contributed by atoms with Crippen LogP contribution in [0.15, 0.2) is 30.5 Å². The molecule has 6 heteroatoms. The fourth-order valence-corrected chi connectivity index (χ4v) is 3.74. The van der Waals surface area contributed by atoms with Crippen molar-refractivity contribution in [2.45, 2.75) is 19.6 Å². The summed E-state index contributed by atoms with van der Waals surface area (Å²) in [6, 6.07) is 7.72. The minimum atomic E-state index is -3.35. The Morgan fingerprint density at radius 2 is 1.89 bits per heavy atom. The van der Waals surface area contributed by atoms with E-state index < -0.39 is 13.4 Å². The SMILES string of the molecule is CCOP(=O)(OCC)[C@@H](N)c1c[nH]c2ccccc12. The van der Waals surface area contributed by atoms with Crippen molar-refractivity contribution in [3.8, 4) is 0 Å². The second kappa shape index (κ2) is 5.88. The average molecular weight is 282 g/mol. The lowest BCUT2D eigenvalue weighted by Crippen LogP contribution is -2.14. The molecule has 1 aromatic heterocycles. The zero-order chi connectivity index (χ0) is 13.9. The maximum Gasteiger partial charge on any atom is 0.351 e. The molecule has 19 heavy (non-hydrogen) atoms. The number of rotatable bonds is 6. The van der Waals surface area contributed by atoms with Crippen molar-refractivity contribution in [2.24, 2.45) is 5.73 Å². The predicted molar refractivity (Wildman–Crippen MR) is 76.1 cm³/mol. The van der Waals surface area contributed by atoms with Gasteiger partial charge in [0.05, 0.1) is 13.2 Å². The summed E-state index contributed by atoms with van der Waals surface area (Å²) in [5.41, 5.74) is 7.83. The summed E-state index contributed by atoms with van der Waals surface area (Å²) < 4.78 is 23.3. The Bertz CT molecular complexity index is 586. The Kier molecular flexibility index (Phi) is 4.42. The molecule has 0 aliphatic heterocycles. The largest absolute Gasteiger partial charge is 0.361 e. The van der Waals surface area contributed by atoms with Gasteiger partial charge in [0, 0.05) is 22.7 Å². The van der Waals surface area contributed by atoms with Crippen LogP contribution in [0.2, 0.25) is 0 Å². The van der Waals surface area contributed by atoms with Gasteiger partial charge in [0.25, 0.3) is 0 Å². The second-order valence-corrected chi connectivity index (χ2v) is 6.26. The molecule has 2 aromatic rings. The topological polar surface area (TPSA) is 77.3 Å². The molecule has 1 aromatic carbocycles. The van der Waals surface area contributed by atoms with Gasteiger partial charge in [-0.1, -0.05) is 18.2 Å². The van der Waals surface area contributed by atoms with E-state index in [9.17, 15) is 4.57 Å². The highest BCUT2D eigenvalue weighted by atomic mass is 31.2. The Labute approximate surface area is 112 Å². The Hall–Kier alpha value is -1.13. The third-order valence-corrected chi connectivity index (χ3v) is 5.09. The number of nitrogens with two attached hydrogens (primary N) is 1. The van der Waals surface area contributed by atoms with E-state index in [1.165, 1.54) is 0 Å². The molecule has 3 N–H and O–H groups in total. The molecule has 0 saturated heterocycles. The fourth-order valence-electron chi connectivity index (χ4n) is 2.07. The van der Waals surface area contributed by atoms with E-state index >= 15 is 0 Å². The summed E-state index contributed by atoms with van der Waals surface area (Å²) >= 11 is 0. The van der Waals surface area contributed by atoms with E-state index in [2.05, 4.69) is 4.98 Å². The third kappa shape index (κ3) is 2.74. The number of aromatic amines is 1. The normalized spacial score (nSPS) is 13.8. The van der Waals surface area contributed by atoms with Gasteiger partial charge in [0.1, 0.15) is 5.78 Å². The van der Waals surface area contributed by atoms with Gasteiger partial charge < -0.3 is 19.8 Å². The predicted octanol–water partition coefficient (Wildman–Crippen LogP) is 3.39. The van der Waals surface area contributed by atoms with E-state index in [0.717, 1.165) is 16.5 Å². The Morgan fingerprint density at radius 1 is 1.26 bits per heavy atom. The number of H-pyrrole nitrogens is 1. The highest BCUT2D eigenvalue weighted by Crippen LogP contribution is 2.58. The molecule has 0 aliphatic carbocycles. The van der Waals surface area contributed by atoms with Crippen LogP contribution in [0.25, 0.3) is 10.9 Å². The second-order valence-electron chi connectivity index (χ2n) is 4.11. The lowest BCUT2D eigenvalue weighted by molar-refractivity contribution is 0.212. The molecule has 5 nitrogen and oxygen atoms in total. The summed E-state index contributed by atoms with van der Waals surface area (Å²) in [5.74, 6) is -0.788. The maximum absolute atomic E-state index is 12.7. The molecule has 0 bridgehead atoms. The molecule has 2 rings (SSSR count). The van der Waals surface area contributed by atoms with Crippen LogP contribution in [-0.2, 0) is 13.6 Å². The molecule has 0 spiro atoms. The average Bonchev–Trinajstić information content (AvgIpc) is 2.82. The fraction of sp³-hybridized carbons (Fsp3) is 0.385. The summed E-state index contributed by atoms with van der Waals surface area (Å²) in [6.45, 7) is 4.14. The quantitative estimate of drug-likeness (QED) is 0.796. The standard InChI is InChI=1S/C13H19N2O3P/c1-3-17-19(16,18-4-2)13(14)11-9-15-12-8-6-5-7-10(11)12/h5-9,13,15H,3-4,14H2,1-2H3/t13-/m1/s1. The first-order valence-corrected chi connectivity index (χ1v) is 7.94. The van der Waals surface area contributed by atoms with Gasteiger partial charge >= 0.3 is 7.60 Å². The molecule has 0 saturated carbocycles. The van der Waals surface area contributed by atoms with Gasteiger partial charge in [-0.3, -0.25) is 4.57 Å². The smallest absolute Gasteiger partial charge is 0.351 e. The molecule has 0 fully saturated rings. The van der Waals surface area contributed by atoms with Gasteiger partial charge in [0.15, 0.2) is 0 Å². The zero-order valence-corrected chi connectivity index (χ0v) is 12.0. The molecule has 0 aliphatic rings. The van der Waals surface area contributed by atoms with Crippen LogP contribution in [0.5, 0.6) is 0 Å². The molecular formula is C13H19N2O3P. The number of benzene rings is 1. The van der Waals surface area contributed by atoms with Crippen molar-refractivity contribution in [2.75, 3.05) is 13.2 Å². The van der Waals surface area contributed by atoms with E-state index in [1.807, 2.05) is 24.3 Å². The van der Waals surface area contributed by atoms with Gasteiger partial charge in [-0.2, -0.15) is 0 Å². The van der Waals surface area contributed by atoms with Crippen molar-refractivity contribution in [1.29, 1.82) is 0 Å².